The van der Waals surface area contributed by atoms with Crippen molar-refractivity contribution in [1.82, 2.24) is 16.0 Å². The van der Waals surface area contributed by atoms with E-state index in [0.29, 0.717) is 30.5 Å². The zero-order valence-corrected chi connectivity index (χ0v) is 21.9. The molecule has 0 aliphatic heterocycles. The maximum absolute atomic E-state index is 11.6. The average molecular weight is 554 g/mol. The van der Waals surface area contributed by atoms with Gasteiger partial charge in [0.2, 0.25) is 0 Å². The van der Waals surface area contributed by atoms with Crippen molar-refractivity contribution in [2.45, 2.75) is 33.2 Å². The number of hydrogen-bond donors (Lipinski definition) is 3. The molecule has 0 aliphatic rings. The third-order valence-corrected chi connectivity index (χ3v) is 4.83. The number of amides is 1. The Morgan fingerprint density at radius 2 is 1.88 bits per heavy atom. The first kappa shape index (κ1) is 27.5. The number of methoxy groups -OCH3 is 1. The van der Waals surface area contributed by atoms with Gasteiger partial charge in [0, 0.05) is 26.7 Å². The fourth-order valence-corrected chi connectivity index (χ4v) is 3.08. The molecule has 0 bridgehead atoms. The minimum Gasteiger partial charge on any atom is -0.493 e. The molecule has 0 aromatic heterocycles. The smallest absolute Gasteiger partial charge is 0.257 e. The zero-order valence-electron chi connectivity index (χ0n) is 19.5. The Morgan fingerprint density at radius 3 is 2.53 bits per heavy atom. The van der Waals surface area contributed by atoms with Crippen molar-refractivity contribution in [1.29, 1.82) is 0 Å². The molecule has 2 aromatic rings. The molecule has 0 radical (unpaired) electrons. The Morgan fingerprint density at radius 1 is 1.09 bits per heavy atom. The SMILES string of the molecule is CCNC(=O)COc1ccc(CNC(=NC)NCC(C)c2cccc(C)c2)cc1OC.I. The van der Waals surface area contributed by atoms with E-state index in [2.05, 4.69) is 59.1 Å². The van der Waals surface area contributed by atoms with Crippen molar-refractivity contribution in [3.8, 4) is 11.5 Å². The molecular formula is C24H35IN4O3. The van der Waals surface area contributed by atoms with E-state index in [4.69, 9.17) is 9.47 Å². The summed E-state index contributed by atoms with van der Waals surface area (Å²) in [6, 6.07) is 14.2. The van der Waals surface area contributed by atoms with Crippen LogP contribution in [0, 0.1) is 6.92 Å². The van der Waals surface area contributed by atoms with Gasteiger partial charge in [-0.25, -0.2) is 0 Å². The Hall–Kier alpha value is -2.49. The average Bonchev–Trinajstić information content (AvgIpc) is 2.78. The number of nitrogens with zero attached hydrogens (tertiary/aromatic N) is 1. The van der Waals surface area contributed by atoms with Crippen LogP contribution in [-0.2, 0) is 11.3 Å². The number of benzene rings is 2. The quantitative estimate of drug-likeness (QED) is 0.238. The normalized spacial score (nSPS) is 11.7. The molecule has 3 N–H and O–H groups in total. The minimum atomic E-state index is -0.162. The molecule has 32 heavy (non-hydrogen) atoms. The molecule has 0 fully saturated rings. The van der Waals surface area contributed by atoms with Gasteiger partial charge in [0.05, 0.1) is 7.11 Å². The van der Waals surface area contributed by atoms with Crippen LogP contribution in [0.4, 0.5) is 0 Å². The number of nitrogens with one attached hydrogen (secondary N) is 3. The maximum Gasteiger partial charge on any atom is 0.257 e. The summed E-state index contributed by atoms with van der Waals surface area (Å²) in [6.45, 7) is 8.05. The van der Waals surface area contributed by atoms with Gasteiger partial charge in [-0.05, 0) is 43.0 Å². The summed E-state index contributed by atoms with van der Waals surface area (Å²) in [7, 11) is 3.34. The van der Waals surface area contributed by atoms with Crippen LogP contribution < -0.4 is 25.4 Å². The molecule has 2 aromatic carbocycles. The van der Waals surface area contributed by atoms with Gasteiger partial charge < -0.3 is 25.4 Å². The second-order valence-corrected chi connectivity index (χ2v) is 7.35. The number of hydrogen-bond acceptors (Lipinski definition) is 4. The third-order valence-electron chi connectivity index (χ3n) is 4.83. The van der Waals surface area contributed by atoms with Crippen molar-refractivity contribution < 1.29 is 14.3 Å². The second-order valence-electron chi connectivity index (χ2n) is 7.35. The van der Waals surface area contributed by atoms with Crippen molar-refractivity contribution in [3.05, 3.63) is 59.2 Å². The number of rotatable bonds is 10. The van der Waals surface area contributed by atoms with E-state index in [1.165, 1.54) is 11.1 Å². The lowest BCUT2D eigenvalue weighted by Gasteiger charge is -2.17. The topological polar surface area (TPSA) is 84.0 Å². The van der Waals surface area contributed by atoms with Gasteiger partial charge in [0.1, 0.15) is 0 Å². The van der Waals surface area contributed by atoms with E-state index in [1.54, 1.807) is 14.2 Å². The number of likely N-dealkylation sites (N-methyl/N-ethyl adjacent to an activating group) is 1. The molecule has 176 valence electrons. The summed E-state index contributed by atoms with van der Waals surface area (Å²) in [6.07, 6.45) is 0. The predicted molar refractivity (Wildman–Crippen MR) is 140 cm³/mol. The lowest BCUT2D eigenvalue weighted by molar-refractivity contribution is -0.123. The highest BCUT2D eigenvalue weighted by Gasteiger charge is 2.10. The summed E-state index contributed by atoms with van der Waals surface area (Å²) >= 11 is 0. The Balaban J connectivity index is 0.00000512. The van der Waals surface area contributed by atoms with E-state index in [0.717, 1.165) is 18.1 Å². The molecule has 2 rings (SSSR count). The van der Waals surface area contributed by atoms with Crippen LogP contribution >= 0.6 is 24.0 Å². The van der Waals surface area contributed by atoms with Crippen molar-refractivity contribution in [2.24, 2.45) is 4.99 Å². The molecule has 8 heteroatoms. The molecule has 0 saturated heterocycles. The van der Waals surface area contributed by atoms with Crippen LogP contribution in [0.1, 0.15) is 36.5 Å². The fraction of sp³-hybridized carbons (Fsp3) is 0.417. The first-order chi connectivity index (χ1) is 15.0. The van der Waals surface area contributed by atoms with E-state index in [1.807, 2.05) is 25.1 Å². The Kier molecular flexibility index (Phi) is 12.5. The Bertz CT molecular complexity index is 889. The largest absolute Gasteiger partial charge is 0.493 e. The molecular weight excluding hydrogens is 519 g/mol. The van der Waals surface area contributed by atoms with Gasteiger partial charge in [-0.2, -0.15) is 0 Å². The van der Waals surface area contributed by atoms with Gasteiger partial charge in [-0.3, -0.25) is 9.79 Å². The number of aliphatic imine (C=N–C) groups is 1. The maximum atomic E-state index is 11.6. The molecule has 7 nitrogen and oxygen atoms in total. The highest BCUT2D eigenvalue weighted by Crippen LogP contribution is 2.28. The number of carbonyl (C=O) groups is 1. The zero-order chi connectivity index (χ0) is 22.6. The van der Waals surface area contributed by atoms with Crippen LogP contribution in [0.15, 0.2) is 47.5 Å². The minimum absolute atomic E-state index is 0. The van der Waals surface area contributed by atoms with Crippen LogP contribution in [-0.4, -0.2) is 45.7 Å². The van der Waals surface area contributed by atoms with Gasteiger partial charge in [0.15, 0.2) is 24.1 Å². The van der Waals surface area contributed by atoms with Crippen LogP contribution in [0.25, 0.3) is 0 Å². The van der Waals surface area contributed by atoms with Crippen molar-refractivity contribution in [3.63, 3.8) is 0 Å². The first-order valence-corrected chi connectivity index (χ1v) is 10.5. The molecule has 0 spiro atoms. The van der Waals surface area contributed by atoms with Crippen LogP contribution in [0.5, 0.6) is 11.5 Å². The first-order valence-electron chi connectivity index (χ1n) is 10.5. The van der Waals surface area contributed by atoms with Crippen LogP contribution in [0.2, 0.25) is 0 Å². The third kappa shape index (κ3) is 8.94. The van der Waals surface area contributed by atoms with E-state index >= 15 is 0 Å². The molecule has 1 unspecified atom stereocenters. The summed E-state index contributed by atoms with van der Waals surface area (Å²) < 4.78 is 11.0. The number of carbonyl (C=O) groups excluding carboxylic acids is 1. The number of aryl methyl sites for hydroxylation is 1. The second kappa shape index (κ2) is 14.5. The molecule has 0 saturated carbocycles. The van der Waals surface area contributed by atoms with Gasteiger partial charge in [0.25, 0.3) is 5.91 Å². The number of guanidine groups is 1. The standard InChI is InChI=1S/C24H34N4O3.HI/c1-6-26-23(29)16-31-21-11-10-19(13-22(21)30-5)15-28-24(25-4)27-14-18(3)20-9-7-8-17(2)12-20;/h7-13,18H,6,14-16H2,1-5H3,(H,26,29)(H2,25,27,28);1H. The Labute approximate surface area is 208 Å². The van der Waals surface area contributed by atoms with E-state index in [-0.39, 0.29) is 36.5 Å². The van der Waals surface area contributed by atoms with Crippen LogP contribution in [0.3, 0.4) is 0 Å². The summed E-state index contributed by atoms with van der Waals surface area (Å²) in [4.78, 5) is 15.9. The predicted octanol–water partition coefficient (Wildman–Crippen LogP) is 3.61. The van der Waals surface area contributed by atoms with Gasteiger partial charge >= 0.3 is 0 Å². The summed E-state index contributed by atoms with van der Waals surface area (Å²) in [5.74, 6) is 2.05. The molecule has 1 amide bonds. The van der Waals surface area contributed by atoms with E-state index < -0.39 is 0 Å². The van der Waals surface area contributed by atoms with E-state index in [9.17, 15) is 4.79 Å². The lowest BCUT2D eigenvalue weighted by atomic mass is 9.99. The summed E-state index contributed by atoms with van der Waals surface area (Å²) in [5.41, 5.74) is 3.58. The van der Waals surface area contributed by atoms with Gasteiger partial charge in [-0.15, -0.1) is 24.0 Å². The molecule has 1 atom stereocenters. The highest BCUT2D eigenvalue weighted by molar-refractivity contribution is 14.0. The van der Waals surface area contributed by atoms with Gasteiger partial charge in [-0.1, -0.05) is 42.8 Å². The monoisotopic (exact) mass is 554 g/mol. The number of halogens is 1. The molecule has 0 heterocycles. The highest BCUT2D eigenvalue weighted by atomic mass is 127. The summed E-state index contributed by atoms with van der Waals surface area (Å²) in [5, 5.41) is 9.40. The molecule has 0 aliphatic carbocycles. The number of ether oxygens (including phenoxy) is 2. The lowest BCUT2D eigenvalue weighted by Crippen LogP contribution is -2.38. The van der Waals surface area contributed by atoms with Crippen molar-refractivity contribution in [2.75, 3.05) is 33.9 Å². The fourth-order valence-electron chi connectivity index (χ4n) is 3.08. The van der Waals surface area contributed by atoms with Crippen molar-refractivity contribution >= 4 is 35.8 Å².